The SMILES string of the molecule is Cc1sc(NC(=O)Cn2c(C)nc3ccccc3c2=O)c(C#N)c1C. The first-order valence-corrected chi connectivity index (χ1v) is 8.50. The number of carbonyl (C=O) groups is 1. The van der Waals surface area contributed by atoms with Gasteiger partial charge in [0.15, 0.2) is 0 Å². The van der Waals surface area contributed by atoms with Crippen molar-refractivity contribution in [2.45, 2.75) is 27.3 Å². The number of thiophene rings is 1. The van der Waals surface area contributed by atoms with Gasteiger partial charge in [0.05, 0.1) is 16.5 Å². The lowest BCUT2D eigenvalue weighted by molar-refractivity contribution is -0.116. The number of nitrogens with one attached hydrogen (secondary N) is 1. The van der Waals surface area contributed by atoms with E-state index in [1.54, 1.807) is 25.1 Å². The van der Waals surface area contributed by atoms with E-state index in [0.717, 1.165) is 10.4 Å². The molecule has 0 radical (unpaired) electrons. The van der Waals surface area contributed by atoms with Crippen LogP contribution in [0.3, 0.4) is 0 Å². The van der Waals surface area contributed by atoms with Gasteiger partial charge in [0.25, 0.3) is 5.56 Å². The quantitative estimate of drug-likeness (QED) is 0.785. The van der Waals surface area contributed by atoms with Crippen LogP contribution in [0.25, 0.3) is 10.9 Å². The number of amides is 1. The van der Waals surface area contributed by atoms with Gasteiger partial charge < -0.3 is 5.32 Å². The monoisotopic (exact) mass is 352 g/mol. The van der Waals surface area contributed by atoms with Crippen molar-refractivity contribution in [2.24, 2.45) is 0 Å². The first-order chi connectivity index (χ1) is 11.9. The van der Waals surface area contributed by atoms with Crippen molar-refractivity contribution in [1.29, 1.82) is 5.26 Å². The van der Waals surface area contributed by atoms with Gasteiger partial charge in [0.1, 0.15) is 23.4 Å². The maximum atomic E-state index is 12.6. The summed E-state index contributed by atoms with van der Waals surface area (Å²) in [5.41, 5.74) is 1.69. The van der Waals surface area contributed by atoms with E-state index in [4.69, 9.17) is 0 Å². The normalized spacial score (nSPS) is 10.6. The molecular weight excluding hydrogens is 336 g/mol. The highest BCUT2D eigenvalue weighted by molar-refractivity contribution is 7.16. The molecule has 3 rings (SSSR count). The van der Waals surface area contributed by atoms with E-state index in [1.807, 2.05) is 19.9 Å². The zero-order valence-corrected chi connectivity index (χ0v) is 14.9. The Labute approximate surface area is 148 Å². The number of fused-ring (bicyclic) bond motifs is 1. The van der Waals surface area contributed by atoms with Gasteiger partial charge in [-0.1, -0.05) is 12.1 Å². The number of carbonyl (C=O) groups excluding carboxylic acids is 1. The number of aromatic nitrogens is 2. The number of hydrogen-bond acceptors (Lipinski definition) is 5. The third-order valence-corrected chi connectivity index (χ3v) is 5.23. The van der Waals surface area contributed by atoms with E-state index in [9.17, 15) is 14.9 Å². The van der Waals surface area contributed by atoms with Crippen LogP contribution in [0.4, 0.5) is 5.00 Å². The lowest BCUT2D eigenvalue weighted by Gasteiger charge is -2.10. The Morgan fingerprint density at radius 2 is 2.04 bits per heavy atom. The molecule has 0 atom stereocenters. The Morgan fingerprint density at radius 3 is 2.76 bits per heavy atom. The van der Waals surface area contributed by atoms with Crippen molar-refractivity contribution in [2.75, 3.05) is 5.32 Å². The van der Waals surface area contributed by atoms with Crippen molar-refractivity contribution in [1.82, 2.24) is 9.55 Å². The fourth-order valence-corrected chi connectivity index (χ4v) is 3.65. The Balaban J connectivity index is 1.92. The fourth-order valence-electron chi connectivity index (χ4n) is 2.62. The highest BCUT2D eigenvalue weighted by Gasteiger charge is 2.16. The van der Waals surface area contributed by atoms with Crippen LogP contribution >= 0.6 is 11.3 Å². The first-order valence-electron chi connectivity index (χ1n) is 7.68. The Hall–Kier alpha value is -2.98. The highest BCUT2D eigenvalue weighted by Crippen LogP contribution is 2.31. The largest absolute Gasteiger partial charge is 0.315 e. The van der Waals surface area contributed by atoms with Gasteiger partial charge in [-0.3, -0.25) is 14.2 Å². The van der Waals surface area contributed by atoms with Crippen LogP contribution < -0.4 is 10.9 Å². The highest BCUT2D eigenvalue weighted by atomic mass is 32.1. The summed E-state index contributed by atoms with van der Waals surface area (Å²) in [7, 11) is 0. The summed E-state index contributed by atoms with van der Waals surface area (Å²) in [5.74, 6) is 0.109. The predicted molar refractivity (Wildman–Crippen MR) is 97.9 cm³/mol. The standard InChI is InChI=1S/C18H16N4O2S/c1-10-11(2)25-17(14(10)8-19)21-16(23)9-22-12(3)20-15-7-5-4-6-13(15)18(22)24/h4-7H,9H2,1-3H3,(H,21,23). The third kappa shape index (κ3) is 3.04. The molecule has 7 heteroatoms. The van der Waals surface area contributed by atoms with E-state index in [0.29, 0.717) is 27.3 Å². The van der Waals surface area contributed by atoms with Crippen LogP contribution in [0.2, 0.25) is 0 Å². The van der Waals surface area contributed by atoms with Gasteiger partial charge in [-0.05, 0) is 38.5 Å². The lowest BCUT2D eigenvalue weighted by atomic mass is 10.2. The number of para-hydroxylation sites is 1. The fraction of sp³-hybridized carbons (Fsp3) is 0.222. The summed E-state index contributed by atoms with van der Waals surface area (Å²) in [6, 6.07) is 9.16. The number of nitriles is 1. The molecule has 2 heterocycles. The number of anilines is 1. The molecule has 126 valence electrons. The molecule has 0 saturated heterocycles. The molecule has 1 amide bonds. The van der Waals surface area contributed by atoms with Crippen LogP contribution in [0.15, 0.2) is 29.1 Å². The minimum absolute atomic E-state index is 0.149. The van der Waals surface area contributed by atoms with Crippen LogP contribution in [0.5, 0.6) is 0 Å². The summed E-state index contributed by atoms with van der Waals surface area (Å²) in [5, 5.41) is 13.0. The molecular formula is C18H16N4O2S. The Bertz CT molecular complexity index is 1090. The minimum Gasteiger partial charge on any atom is -0.315 e. The molecule has 0 aliphatic carbocycles. The molecule has 0 saturated carbocycles. The van der Waals surface area contributed by atoms with Crippen LogP contribution in [0.1, 0.15) is 21.8 Å². The van der Waals surface area contributed by atoms with Crippen molar-refractivity contribution in [3.05, 3.63) is 56.4 Å². The molecule has 0 bridgehead atoms. The zero-order chi connectivity index (χ0) is 18.1. The molecule has 1 aromatic carbocycles. The average molecular weight is 352 g/mol. The molecule has 25 heavy (non-hydrogen) atoms. The van der Waals surface area contributed by atoms with E-state index in [1.165, 1.54) is 15.9 Å². The zero-order valence-electron chi connectivity index (χ0n) is 14.1. The third-order valence-electron chi connectivity index (χ3n) is 4.10. The van der Waals surface area contributed by atoms with Gasteiger partial charge in [-0.2, -0.15) is 5.26 Å². The molecule has 6 nitrogen and oxygen atoms in total. The molecule has 0 aliphatic heterocycles. The topological polar surface area (TPSA) is 87.8 Å². The second kappa shape index (κ2) is 6.49. The maximum absolute atomic E-state index is 12.6. The molecule has 0 fully saturated rings. The summed E-state index contributed by atoms with van der Waals surface area (Å²) >= 11 is 1.36. The second-order valence-corrected chi connectivity index (χ2v) is 6.94. The number of benzene rings is 1. The van der Waals surface area contributed by atoms with Crippen molar-refractivity contribution >= 4 is 33.1 Å². The van der Waals surface area contributed by atoms with Gasteiger partial charge in [-0.15, -0.1) is 11.3 Å². The maximum Gasteiger partial charge on any atom is 0.261 e. The average Bonchev–Trinajstić information content (AvgIpc) is 2.85. The van der Waals surface area contributed by atoms with Gasteiger partial charge in [-0.25, -0.2) is 4.98 Å². The molecule has 0 spiro atoms. The number of rotatable bonds is 3. The smallest absolute Gasteiger partial charge is 0.261 e. The van der Waals surface area contributed by atoms with Gasteiger partial charge >= 0.3 is 0 Å². The van der Waals surface area contributed by atoms with E-state index in [-0.39, 0.29) is 18.0 Å². The van der Waals surface area contributed by atoms with Crippen LogP contribution in [-0.4, -0.2) is 15.5 Å². The number of aryl methyl sites for hydroxylation is 2. The van der Waals surface area contributed by atoms with Crippen molar-refractivity contribution in [3.63, 3.8) is 0 Å². The number of nitrogens with zero attached hydrogens (tertiary/aromatic N) is 3. The second-order valence-electron chi connectivity index (χ2n) is 5.71. The van der Waals surface area contributed by atoms with Crippen molar-refractivity contribution in [3.8, 4) is 6.07 Å². The minimum atomic E-state index is -0.361. The van der Waals surface area contributed by atoms with Gasteiger partial charge in [0.2, 0.25) is 5.91 Å². The summed E-state index contributed by atoms with van der Waals surface area (Å²) in [6.45, 7) is 5.30. The molecule has 0 aliphatic rings. The van der Waals surface area contributed by atoms with Crippen LogP contribution in [-0.2, 0) is 11.3 Å². The Morgan fingerprint density at radius 1 is 1.32 bits per heavy atom. The number of hydrogen-bond donors (Lipinski definition) is 1. The van der Waals surface area contributed by atoms with E-state index >= 15 is 0 Å². The summed E-state index contributed by atoms with van der Waals surface area (Å²) in [6.07, 6.45) is 0. The molecule has 0 unspecified atom stereocenters. The molecule has 1 N–H and O–H groups in total. The lowest BCUT2D eigenvalue weighted by Crippen LogP contribution is -2.30. The molecule has 3 aromatic rings. The van der Waals surface area contributed by atoms with Gasteiger partial charge in [0, 0.05) is 4.88 Å². The van der Waals surface area contributed by atoms with Crippen molar-refractivity contribution < 1.29 is 4.79 Å². The summed E-state index contributed by atoms with van der Waals surface area (Å²) < 4.78 is 1.34. The predicted octanol–water partition coefficient (Wildman–Crippen LogP) is 2.89. The first kappa shape index (κ1) is 16.9. The van der Waals surface area contributed by atoms with E-state index in [2.05, 4.69) is 16.4 Å². The van der Waals surface area contributed by atoms with Crippen LogP contribution in [0, 0.1) is 32.1 Å². The van der Waals surface area contributed by atoms with E-state index < -0.39 is 0 Å². The summed E-state index contributed by atoms with van der Waals surface area (Å²) in [4.78, 5) is 30.4. The molecule has 2 aromatic heterocycles. The Kier molecular flexibility index (Phi) is 4.38.